The number of hydrogen-bond donors (Lipinski definition) is 6. The smallest absolute Gasteiger partial charge is 0.434 e. The second-order valence-corrected chi connectivity index (χ2v) is 19.9. The highest BCUT2D eigenvalue weighted by atomic mass is 16.6. The second kappa shape index (κ2) is 31.5. The van der Waals surface area contributed by atoms with E-state index < -0.39 is 70.9 Å². The third-order valence-electron chi connectivity index (χ3n) is 10.8. The van der Waals surface area contributed by atoms with Crippen LogP contribution in [0.2, 0.25) is 0 Å². The molecule has 26 nitrogen and oxygen atoms in total. The molecule has 0 spiro atoms. The summed E-state index contributed by atoms with van der Waals surface area (Å²) in [6, 6.07) is 10.5. The molecule has 0 radical (unpaired) electrons. The maximum Gasteiger partial charge on any atom is 0.434 e. The molecular formula is C55H74N10O16. The Kier molecular flexibility index (Phi) is 26.4. The highest BCUT2D eigenvalue weighted by molar-refractivity contribution is 6.05. The summed E-state index contributed by atoms with van der Waals surface area (Å²) in [6.07, 6.45) is -1.40. The number of benzene rings is 2. The maximum absolute atomic E-state index is 12.9. The zero-order valence-electron chi connectivity index (χ0n) is 46.9. The van der Waals surface area contributed by atoms with Crippen LogP contribution in [-0.4, -0.2) is 132 Å². The van der Waals surface area contributed by atoms with Gasteiger partial charge in [-0.2, -0.15) is 4.99 Å². The Hall–Kier alpha value is -9.10. The molecule has 2 heterocycles. The molecule has 0 fully saturated rings. The highest BCUT2D eigenvalue weighted by Gasteiger charge is 2.29. The summed E-state index contributed by atoms with van der Waals surface area (Å²) in [6.45, 7) is 16.0. The summed E-state index contributed by atoms with van der Waals surface area (Å²) in [5.74, 6) is -4.52. The van der Waals surface area contributed by atoms with E-state index in [0.717, 1.165) is 7.11 Å². The van der Waals surface area contributed by atoms with Crippen molar-refractivity contribution in [3.05, 3.63) is 99.3 Å². The number of carbonyl (C=O) groups is 10. The van der Waals surface area contributed by atoms with Gasteiger partial charge in [-0.3, -0.25) is 33.6 Å². The summed E-state index contributed by atoms with van der Waals surface area (Å²) in [5, 5.41) is 17.6. The third-order valence-corrected chi connectivity index (χ3v) is 10.8. The minimum Gasteiger partial charge on any atom is -0.467 e. The van der Waals surface area contributed by atoms with E-state index in [1.807, 2.05) is 0 Å². The molecule has 0 aliphatic heterocycles. The van der Waals surface area contributed by atoms with Crippen molar-refractivity contribution in [2.45, 2.75) is 138 Å². The van der Waals surface area contributed by atoms with Gasteiger partial charge < -0.3 is 60.7 Å². The van der Waals surface area contributed by atoms with Gasteiger partial charge in [0.25, 0.3) is 23.6 Å². The lowest BCUT2D eigenvalue weighted by atomic mass is 10.0. The van der Waals surface area contributed by atoms with Gasteiger partial charge in [-0.15, -0.1) is 0 Å². The first-order valence-electron chi connectivity index (χ1n) is 24.9. The quantitative estimate of drug-likeness (QED) is 0.0249. The maximum atomic E-state index is 12.9. The molecule has 81 heavy (non-hydrogen) atoms. The van der Waals surface area contributed by atoms with Gasteiger partial charge in [0.2, 0.25) is 0 Å². The van der Waals surface area contributed by atoms with Gasteiger partial charge in [-0.25, -0.2) is 19.4 Å². The molecule has 2 atom stereocenters. The molecule has 440 valence electrons. The number of guanidine groups is 1. The first-order chi connectivity index (χ1) is 37.4. The number of ketones is 2. The van der Waals surface area contributed by atoms with Crippen molar-refractivity contribution in [3.8, 4) is 0 Å². The van der Waals surface area contributed by atoms with Gasteiger partial charge in [0.05, 0.1) is 50.8 Å². The Morgan fingerprint density at radius 1 is 0.630 bits per heavy atom. The molecular weight excluding hydrogens is 1060 g/mol. The van der Waals surface area contributed by atoms with Crippen LogP contribution in [-0.2, 0) is 49.3 Å². The van der Waals surface area contributed by atoms with Crippen LogP contribution in [0.3, 0.4) is 0 Å². The number of carbonyl (C=O) groups excluding carboxylic acids is 10. The Morgan fingerprint density at radius 3 is 1.48 bits per heavy atom. The third kappa shape index (κ3) is 23.8. The van der Waals surface area contributed by atoms with Crippen molar-refractivity contribution < 1.29 is 75.9 Å². The minimum atomic E-state index is -1.12. The predicted molar refractivity (Wildman–Crippen MR) is 295 cm³/mol. The number of esters is 3. The summed E-state index contributed by atoms with van der Waals surface area (Å²) in [5.41, 5.74) is 11.9. The molecule has 0 aliphatic carbocycles. The van der Waals surface area contributed by atoms with Gasteiger partial charge in [0.1, 0.15) is 45.9 Å². The van der Waals surface area contributed by atoms with Gasteiger partial charge in [0.15, 0.2) is 17.5 Å². The predicted octanol–water partition coefficient (Wildman–Crippen LogP) is 4.88. The van der Waals surface area contributed by atoms with Crippen LogP contribution >= 0.6 is 0 Å². The SMILES string of the molecule is C.COC(=O)[C@H](CCC(=O)CNC(=O)c1cccc(CC(CC(=O)OC(C)(C)C)=NC(=O)OC(C)(C)C)c1)NC(=O)c1c(C)noc1C.COC(=O)[C@H](CCC(=O)CNC(=O)c1cccc(N=C(N)N)c1)NC(=O)c1c(C)noc1C. The van der Waals surface area contributed by atoms with Crippen molar-refractivity contribution in [1.82, 2.24) is 31.6 Å². The number of amides is 5. The molecule has 0 bridgehead atoms. The van der Waals surface area contributed by atoms with Gasteiger partial charge in [-0.05, 0) is 118 Å². The molecule has 0 saturated heterocycles. The van der Waals surface area contributed by atoms with Crippen LogP contribution < -0.4 is 32.7 Å². The number of aryl methyl sites for hydroxylation is 4. The average Bonchev–Trinajstić information content (AvgIpc) is 3.92. The number of nitrogens with one attached hydrogen (secondary N) is 4. The molecule has 0 unspecified atom stereocenters. The number of aliphatic imine (C=N–C) groups is 2. The Balaban J connectivity index is 0.000000579. The van der Waals surface area contributed by atoms with E-state index in [2.05, 4.69) is 41.6 Å². The number of Topliss-reactive ketones (excluding diaryl/α,β-unsaturated/α-hetero) is 2. The molecule has 0 aliphatic rings. The first-order valence-corrected chi connectivity index (χ1v) is 24.9. The number of nitrogens with two attached hydrogens (primary N) is 2. The zero-order valence-corrected chi connectivity index (χ0v) is 46.9. The molecule has 2 aromatic carbocycles. The van der Waals surface area contributed by atoms with E-state index >= 15 is 0 Å². The lowest BCUT2D eigenvalue weighted by Crippen LogP contribution is -2.42. The van der Waals surface area contributed by atoms with Gasteiger partial charge in [-0.1, -0.05) is 35.9 Å². The number of hydrogen-bond acceptors (Lipinski definition) is 19. The van der Waals surface area contributed by atoms with E-state index in [4.69, 9.17) is 39.5 Å². The van der Waals surface area contributed by atoms with Crippen LogP contribution in [0.15, 0.2) is 67.6 Å². The number of rotatable bonds is 23. The normalized spacial score (nSPS) is 11.8. The monoisotopic (exact) mass is 1130 g/mol. The Labute approximate surface area is 469 Å². The number of ether oxygens (including phenoxy) is 4. The van der Waals surface area contributed by atoms with E-state index in [1.165, 1.54) is 13.2 Å². The van der Waals surface area contributed by atoms with E-state index in [-0.39, 0.29) is 110 Å². The molecule has 0 saturated carbocycles. The molecule has 4 aromatic rings. The average molecular weight is 1130 g/mol. The number of nitrogens with zero attached hydrogens (tertiary/aromatic N) is 4. The van der Waals surface area contributed by atoms with Crippen molar-refractivity contribution in [1.29, 1.82) is 0 Å². The summed E-state index contributed by atoms with van der Waals surface area (Å²) >= 11 is 0. The van der Waals surface area contributed by atoms with Crippen LogP contribution in [0.1, 0.15) is 151 Å². The summed E-state index contributed by atoms with van der Waals surface area (Å²) in [4.78, 5) is 132. The van der Waals surface area contributed by atoms with E-state index in [9.17, 15) is 47.9 Å². The lowest BCUT2D eigenvalue weighted by molar-refractivity contribution is -0.153. The van der Waals surface area contributed by atoms with Crippen LogP contribution in [0, 0.1) is 27.7 Å². The lowest BCUT2D eigenvalue weighted by Gasteiger charge is -2.20. The minimum absolute atomic E-state index is 0. The van der Waals surface area contributed by atoms with Crippen LogP contribution in [0.4, 0.5) is 10.5 Å². The molecule has 2 aromatic heterocycles. The fraction of sp³-hybridized carbons (Fsp3) is 0.455. The standard InChI is InChI=1S/C33H44N4O10.C21H26N6O6.CH4/c1-19-27(20(2)47-37-19)29(41)36-25(30(42)44-9)14-13-24(38)18-34-28(40)22-12-10-11-21(15-22)16-23(17-26(39)45-32(3,4)5)35-31(43)46-33(6,7)8;1-11-17(12(2)33-27-11)19(30)26-16(20(31)32-3)8-7-15(28)10-24-18(29)13-5-4-6-14(9-13)25-21(22)23;/h10-12,15,25H,13-14,16-18H2,1-9H3,(H,34,40)(H,36,41);4-6,9,16H,7-8,10H2,1-3H3,(H,24,29)(H,26,30)(H4,22,23,25);1H4/t25-;16-;/m00./s1. The Morgan fingerprint density at radius 2 is 1.07 bits per heavy atom. The van der Waals surface area contributed by atoms with Crippen LogP contribution in [0.25, 0.3) is 0 Å². The van der Waals surface area contributed by atoms with Crippen molar-refractivity contribution in [2.24, 2.45) is 21.5 Å². The fourth-order valence-electron chi connectivity index (χ4n) is 7.23. The van der Waals surface area contributed by atoms with E-state index in [0.29, 0.717) is 28.4 Å². The molecule has 8 N–H and O–H groups in total. The Bertz CT molecular complexity index is 2940. The number of aromatic nitrogens is 2. The molecule has 26 heteroatoms. The zero-order chi connectivity index (χ0) is 60.1. The van der Waals surface area contributed by atoms with E-state index in [1.54, 1.807) is 112 Å². The van der Waals surface area contributed by atoms with Gasteiger partial charge >= 0.3 is 24.0 Å². The van der Waals surface area contributed by atoms with Crippen molar-refractivity contribution >= 4 is 76.6 Å². The largest absolute Gasteiger partial charge is 0.467 e. The van der Waals surface area contributed by atoms with Crippen LogP contribution in [0.5, 0.6) is 0 Å². The fourth-order valence-corrected chi connectivity index (χ4v) is 7.23. The molecule has 5 amide bonds. The molecule has 4 rings (SSSR count). The van der Waals surface area contributed by atoms with Crippen molar-refractivity contribution in [2.75, 3.05) is 27.3 Å². The topological polar surface area (TPSA) is 385 Å². The first kappa shape index (κ1) is 68.0. The summed E-state index contributed by atoms with van der Waals surface area (Å²) in [7, 11) is 2.34. The van der Waals surface area contributed by atoms with Crippen molar-refractivity contribution in [3.63, 3.8) is 0 Å². The summed E-state index contributed by atoms with van der Waals surface area (Å²) < 4.78 is 30.1. The second-order valence-electron chi connectivity index (χ2n) is 19.9. The number of methoxy groups -OCH3 is 2. The van der Waals surface area contributed by atoms with Gasteiger partial charge in [0, 0.05) is 36.1 Å². The highest BCUT2D eigenvalue weighted by Crippen LogP contribution is 2.18.